The second-order valence-corrected chi connectivity index (χ2v) is 8.12. The Labute approximate surface area is 185 Å². The molecule has 0 bridgehead atoms. The molecule has 4 rings (SSSR count). The molecule has 0 radical (unpaired) electrons. The number of hydrogen-bond donors (Lipinski definition) is 0. The lowest BCUT2D eigenvalue weighted by molar-refractivity contribution is -0.122. The van der Waals surface area contributed by atoms with Crippen LogP contribution in [0.25, 0.3) is 17.0 Å². The van der Waals surface area contributed by atoms with E-state index in [0.29, 0.717) is 36.1 Å². The van der Waals surface area contributed by atoms with Crippen molar-refractivity contribution in [2.45, 2.75) is 19.9 Å². The maximum Gasteiger partial charge on any atom is 0.293 e. The second kappa shape index (κ2) is 9.31. The Morgan fingerprint density at radius 3 is 2.52 bits per heavy atom. The van der Waals surface area contributed by atoms with E-state index in [4.69, 9.17) is 9.47 Å². The highest BCUT2D eigenvalue weighted by atomic mass is 32.2. The number of methoxy groups -OCH3 is 1. The second-order valence-electron chi connectivity index (χ2n) is 7.13. The summed E-state index contributed by atoms with van der Waals surface area (Å²) in [5, 5.41) is 0.828. The largest absolute Gasteiger partial charge is 0.493 e. The zero-order valence-corrected chi connectivity index (χ0v) is 18.4. The highest BCUT2D eigenvalue weighted by Gasteiger charge is 2.34. The van der Waals surface area contributed by atoms with Gasteiger partial charge >= 0.3 is 0 Å². The minimum Gasteiger partial charge on any atom is -0.493 e. The normalized spacial score (nSPS) is 15.3. The van der Waals surface area contributed by atoms with Gasteiger partial charge in [-0.25, -0.2) is 0 Å². The summed E-state index contributed by atoms with van der Waals surface area (Å²) in [7, 11) is 1.62. The number of ether oxygens (including phenoxy) is 2. The fraction of sp³-hybridized carbons (Fsp3) is 0.250. The van der Waals surface area contributed by atoms with Gasteiger partial charge in [0, 0.05) is 29.2 Å². The maximum atomic E-state index is 12.6. The number of nitrogens with zero attached hydrogens (tertiary/aromatic N) is 2. The third kappa shape index (κ3) is 4.32. The fourth-order valence-electron chi connectivity index (χ4n) is 3.62. The molecule has 0 spiro atoms. The molecule has 31 heavy (non-hydrogen) atoms. The van der Waals surface area contributed by atoms with Crippen LogP contribution in [-0.4, -0.2) is 40.9 Å². The lowest BCUT2D eigenvalue weighted by atomic mass is 10.1. The molecule has 1 aliphatic heterocycles. The first-order valence-corrected chi connectivity index (χ1v) is 11.0. The van der Waals surface area contributed by atoms with Gasteiger partial charge in [0.25, 0.3) is 11.1 Å². The molecule has 160 valence electrons. The van der Waals surface area contributed by atoms with Crippen LogP contribution in [0, 0.1) is 0 Å². The maximum absolute atomic E-state index is 12.6. The van der Waals surface area contributed by atoms with E-state index >= 15 is 0 Å². The van der Waals surface area contributed by atoms with Gasteiger partial charge in [-0.1, -0.05) is 37.3 Å². The third-order valence-electron chi connectivity index (χ3n) is 5.09. The van der Waals surface area contributed by atoms with Gasteiger partial charge in [0.05, 0.1) is 18.6 Å². The van der Waals surface area contributed by atoms with Crippen molar-refractivity contribution in [2.24, 2.45) is 0 Å². The van der Waals surface area contributed by atoms with Gasteiger partial charge in [0.2, 0.25) is 0 Å². The quantitative estimate of drug-likeness (QED) is 0.456. The van der Waals surface area contributed by atoms with Crippen LogP contribution in [0.4, 0.5) is 4.79 Å². The van der Waals surface area contributed by atoms with Crippen molar-refractivity contribution in [1.29, 1.82) is 0 Å². The fourth-order valence-corrected chi connectivity index (χ4v) is 4.48. The summed E-state index contributed by atoms with van der Waals surface area (Å²) in [6.45, 7) is 3.49. The number of rotatable bonds is 8. The minimum absolute atomic E-state index is 0.202. The summed E-state index contributed by atoms with van der Waals surface area (Å²) in [5.74, 6) is 1.18. The molecule has 1 aromatic heterocycles. The number of para-hydroxylation sites is 3. The molecule has 0 N–H and O–H groups in total. The highest BCUT2D eigenvalue weighted by Crippen LogP contribution is 2.34. The van der Waals surface area contributed by atoms with E-state index in [1.54, 1.807) is 7.11 Å². The van der Waals surface area contributed by atoms with Gasteiger partial charge < -0.3 is 14.0 Å². The topological polar surface area (TPSA) is 60.8 Å². The first kappa shape index (κ1) is 21.1. The number of imide groups is 1. The lowest BCUT2D eigenvalue weighted by Gasteiger charge is -2.11. The molecule has 2 aromatic carbocycles. The molecular formula is C24H24N2O4S. The number of benzene rings is 2. The number of hydrogen-bond acceptors (Lipinski definition) is 5. The Hall–Kier alpha value is -3.19. The number of carbonyl (C=O) groups is 2. The summed E-state index contributed by atoms with van der Waals surface area (Å²) in [5.41, 5.74) is 1.96. The van der Waals surface area contributed by atoms with Crippen LogP contribution in [0.3, 0.4) is 0 Å². The molecule has 0 atom stereocenters. The Bertz CT molecular complexity index is 1150. The summed E-state index contributed by atoms with van der Waals surface area (Å²) >= 11 is 1.00. The Balaban J connectivity index is 1.57. The van der Waals surface area contributed by atoms with E-state index in [1.165, 1.54) is 4.90 Å². The molecule has 6 nitrogen and oxygen atoms in total. The van der Waals surface area contributed by atoms with Crippen LogP contribution >= 0.6 is 11.8 Å². The minimum atomic E-state index is -0.215. The molecule has 7 heteroatoms. The van der Waals surface area contributed by atoms with Crippen LogP contribution in [0.15, 0.2) is 59.6 Å². The Morgan fingerprint density at radius 1 is 1.00 bits per heavy atom. The Kier molecular flexibility index (Phi) is 6.32. The predicted octanol–water partition coefficient (Wildman–Crippen LogP) is 5.18. The van der Waals surface area contributed by atoms with E-state index in [2.05, 4.69) is 4.57 Å². The van der Waals surface area contributed by atoms with Crippen LogP contribution in [0.2, 0.25) is 0 Å². The molecule has 0 saturated carbocycles. The Morgan fingerprint density at radius 2 is 1.74 bits per heavy atom. The average molecular weight is 437 g/mol. The van der Waals surface area contributed by atoms with Crippen molar-refractivity contribution in [3.8, 4) is 11.5 Å². The predicted molar refractivity (Wildman–Crippen MR) is 123 cm³/mol. The number of aromatic nitrogens is 1. The average Bonchev–Trinajstić information content (AvgIpc) is 3.27. The molecule has 0 unspecified atom stereocenters. The van der Waals surface area contributed by atoms with Crippen LogP contribution in [0.1, 0.15) is 18.9 Å². The van der Waals surface area contributed by atoms with Gasteiger partial charge in [-0.3, -0.25) is 14.5 Å². The molecular weight excluding hydrogens is 412 g/mol. The van der Waals surface area contributed by atoms with E-state index < -0.39 is 0 Å². The van der Waals surface area contributed by atoms with Crippen molar-refractivity contribution >= 4 is 39.9 Å². The molecule has 3 aromatic rings. The molecule has 2 heterocycles. The van der Waals surface area contributed by atoms with E-state index in [-0.39, 0.29) is 11.1 Å². The first-order chi connectivity index (χ1) is 15.1. The molecule has 2 amide bonds. The van der Waals surface area contributed by atoms with Crippen LogP contribution < -0.4 is 9.47 Å². The zero-order valence-electron chi connectivity index (χ0n) is 17.5. The van der Waals surface area contributed by atoms with Crippen molar-refractivity contribution in [2.75, 3.05) is 20.3 Å². The van der Waals surface area contributed by atoms with Crippen LogP contribution in [0.5, 0.6) is 11.5 Å². The monoisotopic (exact) mass is 436 g/mol. The summed E-state index contributed by atoms with van der Waals surface area (Å²) in [6.07, 6.45) is 4.57. The molecule has 1 fully saturated rings. The molecule has 0 aliphatic carbocycles. The van der Waals surface area contributed by atoms with Crippen molar-refractivity contribution in [3.63, 3.8) is 0 Å². The number of fused-ring (bicyclic) bond motifs is 1. The van der Waals surface area contributed by atoms with E-state index in [9.17, 15) is 9.59 Å². The number of thioether (sulfide) groups is 1. The van der Waals surface area contributed by atoms with Gasteiger partial charge in [0.15, 0.2) is 11.5 Å². The lowest BCUT2D eigenvalue weighted by Crippen LogP contribution is -2.28. The van der Waals surface area contributed by atoms with Gasteiger partial charge in [0.1, 0.15) is 6.61 Å². The van der Waals surface area contributed by atoms with Gasteiger partial charge in [-0.15, -0.1) is 0 Å². The first-order valence-electron chi connectivity index (χ1n) is 10.2. The molecule has 1 aliphatic rings. The number of amides is 2. The van der Waals surface area contributed by atoms with Crippen molar-refractivity contribution < 1.29 is 19.1 Å². The van der Waals surface area contributed by atoms with Crippen LogP contribution in [-0.2, 0) is 11.3 Å². The van der Waals surface area contributed by atoms with Crippen molar-refractivity contribution in [1.82, 2.24) is 9.47 Å². The summed E-state index contributed by atoms with van der Waals surface area (Å²) in [4.78, 5) is 26.6. The van der Waals surface area contributed by atoms with Gasteiger partial charge in [-0.05, 0) is 42.5 Å². The molecule has 1 saturated heterocycles. The number of carbonyl (C=O) groups excluding carboxylic acids is 2. The van der Waals surface area contributed by atoms with E-state index in [1.807, 2.05) is 67.7 Å². The third-order valence-corrected chi connectivity index (χ3v) is 5.99. The highest BCUT2D eigenvalue weighted by molar-refractivity contribution is 8.18. The van der Waals surface area contributed by atoms with E-state index in [0.717, 1.165) is 34.6 Å². The van der Waals surface area contributed by atoms with Crippen molar-refractivity contribution in [3.05, 3.63) is 65.2 Å². The SMILES string of the molecule is CCCN1C(=O)S/C(=C\c2cn(CCOc3ccccc3OC)c3ccccc23)C1=O. The van der Waals surface area contributed by atoms with Gasteiger partial charge in [-0.2, -0.15) is 0 Å². The standard InChI is InChI=1S/C24H24N2O4S/c1-3-12-26-23(27)22(31-24(26)28)15-17-16-25(19-9-5-4-8-18(17)19)13-14-30-21-11-7-6-10-20(21)29-2/h4-11,15-16H,3,12-14H2,1-2H3/b22-15-. The summed E-state index contributed by atoms with van der Waals surface area (Å²) in [6, 6.07) is 15.6. The summed E-state index contributed by atoms with van der Waals surface area (Å²) < 4.78 is 13.4. The zero-order chi connectivity index (χ0) is 21.8. The smallest absolute Gasteiger partial charge is 0.293 e.